The van der Waals surface area contributed by atoms with Gasteiger partial charge in [0.15, 0.2) is 0 Å². The highest BCUT2D eigenvalue weighted by atomic mass is 16.2. The van der Waals surface area contributed by atoms with Crippen LogP contribution in [0.2, 0.25) is 0 Å². The Balaban J connectivity index is 1.94. The molecule has 1 fully saturated rings. The van der Waals surface area contributed by atoms with Gasteiger partial charge < -0.3 is 10.6 Å². The van der Waals surface area contributed by atoms with Crippen LogP contribution in [0.4, 0.5) is 0 Å². The molecule has 0 aliphatic carbocycles. The maximum Gasteiger partial charge on any atom is 0.237 e. The zero-order chi connectivity index (χ0) is 12.3. The number of rotatable bonds is 4. The van der Waals surface area contributed by atoms with Crippen LogP contribution in [0.15, 0.2) is 6.20 Å². The van der Waals surface area contributed by atoms with Crippen molar-refractivity contribution in [2.45, 2.75) is 38.8 Å². The highest BCUT2D eigenvalue weighted by molar-refractivity contribution is 5.82. The van der Waals surface area contributed by atoms with Crippen molar-refractivity contribution in [2.24, 2.45) is 7.05 Å². The lowest BCUT2D eigenvalue weighted by molar-refractivity contribution is -0.124. The van der Waals surface area contributed by atoms with Crippen LogP contribution in [-0.2, 0) is 24.8 Å². The molecule has 0 aromatic carbocycles. The molecule has 2 heterocycles. The van der Waals surface area contributed by atoms with Crippen LogP contribution >= 0.6 is 0 Å². The molecule has 0 radical (unpaired) electrons. The Labute approximate surface area is 102 Å². The number of aromatic nitrogens is 2. The zero-order valence-corrected chi connectivity index (χ0v) is 10.5. The Morgan fingerprint density at radius 3 is 3.18 bits per heavy atom. The Kier molecular flexibility index (Phi) is 3.78. The fourth-order valence-electron chi connectivity index (χ4n) is 2.23. The first-order chi connectivity index (χ1) is 8.20. The summed E-state index contributed by atoms with van der Waals surface area (Å²) >= 11 is 0. The molecule has 1 saturated heterocycles. The summed E-state index contributed by atoms with van der Waals surface area (Å²) in [5, 5.41) is 10.6. The van der Waals surface area contributed by atoms with E-state index >= 15 is 0 Å². The molecular formula is C12H20N4O. The van der Waals surface area contributed by atoms with Gasteiger partial charge in [0.1, 0.15) is 0 Å². The Morgan fingerprint density at radius 1 is 1.65 bits per heavy atom. The van der Waals surface area contributed by atoms with Crippen molar-refractivity contribution < 1.29 is 4.79 Å². The first-order valence-electron chi connectivity index (χ1n) is 6.23. The molecule has 1 amide bonds. The van der Waals surface area contributed by atoms with Gasteiger partial charge in [-0.15, -0.1) is 0 Å². The van der Waals surface area contributed by atoms with Gasteiger partial charge in [-0.2, -0.15) is 5.10 Å². The highest BCUT2D eigenvalue weighted by Crippen LogP contribution is 2.09. The van der Waals surface area contributed by atoms with Crippen LogP contribution in [0.1, 0.15) is 31.0 Å². The number of hydrogen-bond acceptors (Lipinski definition) is 3. The quantitative estimate of drug-likeness (QED) is 0.793. The molecule has 17 heavy (non-hydrogen) atoms. The van der Waals surface area contributed by atoms with Gasteiger partial charge in [-0.05, 0) is 19.3 Å². The minimum Gasteiger partial charge on any atom is -0.355 e. The molecule has 0 spiro atoms. The number of hydrogen-bond donors (Lipinski definition) is 2. The van der Waals surface area contributed by atoms with Crippen molar-refractivity contribution in [1.29, 1.82) is 0 Å². The lowest BCUT2D eigenvalue weighted by Gasteiger charge is -2.22. The third kappa shape index (κ3) is 2.85. The SMILES string of the molecule is CCc1nn(C)cc1CNC1CCCNC1=O. The summed E-state index contributed by atoms with van der Waals surface area (Å²) < 4.78 is 1.83. The second-order valence-corrected chi connectivity index (χ2v) is 4.49. The summed E-state index contributed by atoms with van der Waals surface area (Å²) in [5.74, 6) is 0.123. The summed E-state index contributed by atoms with van der Waals surface area (Å²) in [7, 11) is 1.93. The summed E-state index contributed by atoms with van der Waals surface area (Å²) in [6.45, 7) is 3.62. The van der Waals surface area contributed by atoms with Gasteiger partial charge in [0.2, 0.25) is 5.91 Å². The van der Waals surface area contributed by atoms with Gasteiger partial charge in [0.25, 0.3) is 0 Å². The summed E-state index contributed by atoms with van der Waals surface area (Å²) in [4.78, 5) is 11.6. The monoisotopic (exact) mass is 236 g/mol. The fraction of sp³-hybridized carbons (Fsp3) is 0.667. The number of aryl methyl sites for hydroxylation is 2. The highest BCUT2D eigenvalue weighted by Gasteiger charge is 2.21. The van der Waals surface area contributed by atoms with E-state index in [0.717, 1.165) is 38.0 Å². The van der Waals surface area contributed by atoms with E-state index in [-0.39, 0.29) is 11.9 Å². The summed E-state index contributed by atoms with van der Waals surface area (Å²) in [6, 6.07) is -0.0475. The molecule has 1 aliphatic rings. The number of nitrogens with zero attached hydrogens (tertiary/aromatic N) is 2. The van der Waals surface area contributed by atoms with Crippen LogP contribution < -0.4 is 10.6 Å². The van der Waals surface area contributed by atoms with Crippen LogP contribution in [0.5, 0.6) is 0 Å². The summed E-state index contributed by atoms with van der Waals surface area (Å²) in [5.41, 5.74) is 2.30. The fourth-order valence-corrected chi connectivity index (χ4v) is 2.23. The zero-order valence-electron chi connectivity index (χ0n) is 10.5. The van der Waals surface area contributed by atoms with Crippen molar-refractivity contribution in [3.05, 3.63) is 17.5 Å². The molecule has 1 aliphatic heterocycles. The van der Waals surface area contributed by atoms with E-state index in [1.165, 1.54) is 5.56 Å². The number of amides is 1. The van der Waals surface area contributed by atoms with Crippen molar-refractivity contribution in [3.63, 3.8) is 0 Å². The number of carbonyl (C=O) groups excluding carboxylic acids is 1. The lowest BCUT2D eigenvalue weighted by Crippen LogP contribution is -2.47. The topological polar surface area (TPSA) is 59.0 Å². The molecule has 0 saturated carbocycles. The van der Waals surface area contributed by atoms with E-state index in [9.17, 15) is 4.79 Å². The third-order valence-electron chi connectivity index (χ3n) is 3.15. The van der Waals surface area contributed by atoms with E-state index in [1.807, 2.05) is 17.9 Å². The van der Waals surface area contributed by atoms with Gasteiger partial charge in [-0.3, -0.25) is 9.48 Å². The average molecular weight is 236 g/mol. The number of nitrogens with one attached hydrogen (secondary N) is 2. The second kappa shape index (κ2) is 5.31. The smallest absolute Gasteiger partial charge is 0.237 e. The average Bonchev–Trinajstić information content (AvgIpc) is 2.69. The molecule has 1 aromatic heterocycles. The van der Waals surface area contributed by atoms with Crippen molar-refractivity contribution >= 4 is 5.91 Å². The van der Waals surface area contributed by atoms with E-state index < -0.39 is 0 Å². The predicted molar refractivity (Wildman–Crippen MR) is 65.5 cm³/mol. The molecule has 5 nitrogen and oxygen atoms in total. The second-order valence-electron chi connectivity index (χ2n) is 4.49. The van der Waals surface area contributed by atoms with Gasteiger partial charge in [0, 0.05) is 31.9 Å². The van der Waals surface area contributed by atoms with Crippen molar-refractivity contribution in [1.82, 2.24) is 20.4 Å². The van der Waals surface area contributed by atoms with E-state index in [4.69, 9.17) is 0 Å². The Bertz CT molecular complexity index is 399. The van der Waals surface area contributed by atoms with Crippen LogP contribution in [0.25, 0.3) is 0 Å². The lowest BCUT2D eigenvalue weighted by atomic mass is 10.1. The van der Waals surface area contributed by atoms with Crippen LogP contribution in [-0.4, -0.2) is 28.3 Å². The maximum atomic E-state index is 11.6. The number of piperidine rings is 1. The number of carbonyl (C=O) groups is 1. The Hall–Kier alpha value is -1.36. The molecule has 2 rings (SSSR count). The first-order valence-corrected chi connectivity index (χ1v) is 6.23. The molecule has 5 heteroatoms. The molecule has 1 aromatic rings. The van der Waals surface area contributed by atoms with Gasteiger partial charge >= 0.3 is 0 Å². The molecule has 1 unspecified atom stereocenters. The molecule has 0 bridgehead atoms. The van der Waals surface area contributed by atoms with Gasteiger partial charge in [0.05, 0.1) is 11.7 Å². The molecule has 2 N–H and O–H groups in total. The van der Waals surface area contributed by atoms with Gasteiger partial charge in [-0.1, -0.05) is 6.92 Å². The minimum atomic E-state index is -0.0475. The Morgan fingerprint density at radius 2 is 2.47 bits per heavy atom. The van der Waals surface area contributed by atoms with E-state index in [2.05, 4.69) is 22.7 Å². The van der Waals surface area contributed by atoms with Crippen molar-refractivity contribution in [3.8, 4) is 0 Å². The standard InChI is InChI=1S/C12H20N4O/c1-3-10-9(8-16(2)15-10)7-14-11-5-4-6-13-12(11)17/h8,11,14H,3-7H2,1-2H3,(H,13,17). The molecule has 1 atom stereocenters. The van der Waals surface area contributed by atoms with Crippen LogP contribution in [0.3, 0.4) is 0 Å². The minimum absolute atomic E-state index is 0.0475. The van der Waals surface area contributed by atoms with Crippen molar-refractivity contribution in [2.75, 3.05) is 6.54 Å². The van der Waals surface area contributed by atoms with E-state index in [0.29, 0.717) is 0 Å². The predicted octanol–water partition coefficient (Wildman–Crippen LogP) is 0.351. The summed E-state index contributed by atoms with van der Waals surface area (Å²) in [6.07, 6.45) is 4.92. The normalized spacial score (nSPS) is 20.4. The van der Waals surface area contributed by atoms with Gasteiger partial charge in [-0.25, -0.2) is 0 Å². The van der Waals surface area contributed by atoms with E-state index in [1.54, 1.807) is 0 Å². The van der Waals surface area contributed by atoms with Crippen LogP contribution in [0, 0.1) is 0 Å². The molecule has 94 valence electrons. The third-order valence-corrected chi connectivity index (χ3v) is 3.15. The first kappa shape index (κ1) is 12.1. The largest absolute Gasteiger partial charge is 0.355 e. The molecular weight excluding hydrogens is 216 g/mol. The maximum absolute atomic E-state index is 11.6.